The minimum atomic E-state index is -0.0957. The zero-order valence-corrected chi connectivity index (χ0v) is 18.4. The van der Waals surface area contributed by atoms with E-state index in [1.807, 2.05) is 5.38 Å². The number of rotatable bonds is 7. The standard InChI is InChI=1S/C23H22N4OS2/c1-3-16-6-10-18(11-7-16)21-26-20(17-8-4-15(2)5-9-17)22(27-21)30-14-19(28)25-23-24-12-13-29-23/h4-13H,3,14H2,1-2H3,(H,26,27)(H,24,25,28). The fraction of sp³-hybridized carbons (Fsp3) is 0.174. The molecule has 2 N–H and O–H groups in total. The number of amides is 1. The van der Waals surface area contributed by atoms with Crippen LogP contribution in [0.25, 0.3) is 22.6 Å². The quantitative estimate of drug-likeness (QED) is 0.361. The lowest BCUT2D eigenvalue weighted by Gasteiger charge is -2.04. The Kier molecular flexibility index (Phi) is 6.30. The molecule has 0 bridgehead atoms. The first kappa shape index (κ1) is 20.4. The number of carbonyl (C=O) groups excluding carboxylic acids is 1. The van der Waals surface area contributed by atoms with E-state index in [0.717, 1.165) is 34.1 Å². The van der Waals surface area contributed by atoms with Gasteiger partial charge in [0.2, 0.25) is 5.91 Å². The highest BCUT2D eigenvalue weighted by Crippen LogP contribution is 2.33. The summed E-state index contributed by atoms with van der Waals surface area (Å²) in [5.74, 6) is 0.968. The minimum absolute atomic E-state index is 0.0957. The molecule has 0 unspecified atom stereocenters. The molecule has 2 aromatic carbocycles. The third kappa shape index (κ3) is 4.80. The Morgan fingerprint density at radius 1 is 1.10 bits per heavy atom. The Morgan fingerprint density at radius 3 is 2.50 bits per heavy atom. The van der Waals surface area contributed by atoms with Gasteiger partial charge in [0.15, 0.2) is 5.13 Å². The summed E-state index contributed by atoms with van der Waals surface area (Å²) in [7, 11) is 0. The number of anilines is 1. The van der Waals surface area contributed by atoms with Gasteiger partial charge in [-0.1, -0.05) is 72.8 Å². The second-order valence-electron chi connectivity index (χ2n) is 6.86. The summed E-state index contributed by atoms with van der Waals surface area (Å²) in [6.45, 7) is 4.21. The molecule has 0 saturated carbocycles. The molecule has 0 aliphatic heterocycles. The van der Waals surface area contributed by atoms with E-state index in [2.05, 4.69) is 77.7 Å². The normalized spacial score (nSPS) is 10.9. The van der Waals surface area contributed by atoms with E-state index in [-0.39, 0.29) is 11.7 Å². The van der Waals surface area contributed by atoms with Crippen molar-refractivity contribution >= 4 is 34.1 Å². The summed E-state index contributed by atoms with van der Waals surface area (Å²) in [4.78, 5) is 24.7. The van der Waals surface area contributed by atoms with E-state index in [1.165, 1.54) is 34.2 Å². The van der Waals surface area contributed by atoms with Gasteiger partial charge >= 0.3 is 0 Å². The lowest BCUT2D eigenvalue weighted by molar-refractivity contribution is -0.113. The number of nitrogens with one attached hydrogen (secondary N) is 2. The molecule has 0 atom stereocenters. The number of thioether (sulfide) groups is 1. The average Bonchev–Trinajstić information content (AvgIpc) is 3.43. The number of hydrogen-bond donors (Lipinski definition) is 2. The first-order valence-corrected chi connectivity index (χ1v) is 11.6. The molecule has 0 radical (unpaired) electrons. The van der Waals surface area contributed by atoms with Crippen LogP contribution in [0.4, 0.5) is 5.13 Å². The van der Waals surface area contributed by atoms with Crippen molar-refractivity contribution in [3.05, 3.63) is 71.2 Å². The van der Waals surface area contributed by atoms with Crippen molar-refractivity contribution in [1.82, 2.24) is 15.0 Å². The molecular weight excluding hydrogens is 412 g/mol. The van der Waals surface area contributed by atoms with Crippen LogP contribution >= 0.6 is 23.1 Å². The average molecular weight is 435 g/mol. The van der Waals surface area contributed by atoms with Crippen molar-refractivity contribution in [2.24, 2.45) is 0 Å². The summed E-state index contributed by atoms with van der Waals surface area (Å²) >= 11 is 2.83. The zero-order valence-electron chi connectivity index (χ0n) is 16.8. The number of nitrogens with zero attached hydrogens (tertiary/aromatic N) is 2. The number of aromatic nitrogens is 3. The summed E-state index contributed by atoms with van der Waals surface area (Å²) in [6, 6.07) is 16.7. The third-order valence-corrected chi connectivity index (χ3v) is 6.33. The number of imidazole rings is 1. The van der Waals surface area contributed by atoms with Crippen LogP contribution in [0.1, 0.15) is 18.1 Å². The van der Waals surface area contributed by atoms with E-state index < -0.39 is 0 Å². The molecule has 30 heavy (non-hydrogen) atoms. The van der Waals surface area contributed by atoms with Crippen molar-refractivity contribution < 1.29 is 4.79 Å². The van der Waals surface area contributed by atoms with Crippen molar-refractivity contribution in [3.63, 3.8) is 0 Å². The Hall–Kier alpha value is -2.90. The lowest BCUT2D eigenvalue weighted by Crippen LogP contribution is -2.13. The first-order chi connectivity index (χ1) is 14.6. The van der Waals surface area contributed by atoms with Crippen molar-refractivity contribution in [2.45, 2.75) is 25.3 Å². The maximum Gasteiger partial charge on any atom is 0.236 e. The molecule has 0 saturated heterocycles. The van der Waals surface area contributed by atoms with Crippen LogP contribution in [0.2, 0.25) is 0 Å². The highest BCUT2D eigenvalue weighted by Gasteiger charge is 2.16. The molecule has 5 nitrogen and oxygen atoms in total. The van der Waals surface area contributed by atoms with Gasteiger partial charge in [0.25, 0.3) is 0 Å². The van der Waals surface area contributed by atoms with Crippen molar-refractivity contribution in [2.75, 3.05) is 11.1 Å². The van der Waals surface area contributed by atoms with Gasteiger partial charge < -0.3 is 10.3 Å². The number of carbonyl (C=O) groups is 1. The summed E-state index contributed by atoms with van der Waals surface area (Å²) in [5, 5.41) is 6.07. The number of aromatic amines is 1. The van der Waals surface area contributed by atoms with Crippen LogP contribution in [-0.2, 0) is 11.2 Å². The molecule has 2 aromatic heterocycles. The maximum atomic E-state index is 12.3. The van der Waals surface area contributed by atoms with E-state index in [9.17, 15) is 4.79 Å². The number of H-pyrrole nitrogens is 1. The number of aryl methyl sites for hydroxylation is 2. The van der Waals surface area contributed by atoms with Crippen LogP contribution in [0, 0.1) is 6.92 Å². The molecule has 0 aliphatic carbocycles. The van der Waals surface area contributed by atoms with Gasteiger partial charge in [0.05, 0.1) is 11.4 Å². The van der Waals surface area contributed by atoms with Crippen LogP contribution < -0.4 is 5.32 Å². The highest BCUT2D eigenvalue weighted by molar-refractivity contribution is 8.00. The van der Waals surface area contributed by atoms with E-state index in [1.54, 1.807) is 6.20 Å². The van der Waals surface area contributed by atoms with E-state index in [4.69, 9.17) is 4.98 Å². The highest BCUT2D eigenvalue weighted by atomic mass is 32.2. The lowest BCUT2D eigenvalue weighted by atomic mass is 10.1. The molecule has 0 aliphatic rings. The van der Waals surface area contributed by atoms with Gasteiger partial charge in [-0.15, -0.1) is 11.3 Å². The van der Waals surface area contributed by atoms with Crippen LogP contribution in [0.5, 0.6) is 0 Å². The molecular formula is C23H22N4OS2. The van der Waals surface area contributed by atoms with Crippen molar-refractivity contribution in [1.29, 1.82) is 0 Å². The molecule has 4 aromatic rings. The molecule has 1 amide bonds. The molecule has 0 fully saturated rings. The molecule has 0 spiro atoms. The Morgan fingerprint density at radius 2 is 1.83 bits per heavy atom. The van der Waals surface area contributed by atoms with Crippen LogP contribution in [0.3, 0.4) is 0 Å². The summed E-state index contributed by atoms with van der Waals surface area (Å²) in [5.41, 5.74) is 5.49. The number of benzene rings is 2. The molecule has 2 heterocycles. The fourth-order valence-electron chi connectivity index (χ4n) is 2.99. The summed E-state index contributed by atoms with van der Waals surface area (Å²) < 4.78 is 0. The minimum Gasteiger partial charge on any atom is -0.337 e. The Labute approximate surface area is 184 Å². The second kappa shape index (κ2) is 9.28. The van der Waals surface area contributed by atoms with Gasteiger partial charge in [-0.2, -0.15) is 0 Å². The predicted molar refractivity (Wildman–Crippen MR) is 125 cm³/mol. The van der Waals surface area contributed by atoms with Gasteiger partial charge in [-0.05, 0) is 18.9 Å². The third-order valence-electron chi connectivity index (χ3n) is 4.67. The monoisotopic (exact) mass is 434 g/mol. The Balaban J connectivity index is 1.60. The number of thiazole rings is 1. The SMILES string of the molecule is CCc1ccc(-c2nc(SCC(=O)Nc3nccs3)c(-c3ccc(C)cc3)[nH]2)cc1. The summed E-state index contributed by atoms with van der Waals surface area (Å²) in [6.07, 6.45) is 2.68. The number of hydrogen-bond acceptors (Lipinski definition) is 5. The molecule has 7 heteroatoms. The van der Waals surface area contributed by atoms with Crippen molar-refractivity contribution in [3.8, 4) is 22.6 Å². The first-order valence-electron chi connectivity index (χ1n) is 9.71. The smallest absolute Gasteiger partial charge is 0.236 e. The maximum absolute atomic E-state index is 12.3. The van der Waals surface area contributed by atoms with Crippen LogP contribution in [-0.4, -0.2) is 26.6 Å². The second-order valence-corrected chi connectivity index (χ2v) is 8.71. The molecule has 4 rings (SSSR count). The topological polar surface area (TPSA) is 70.7 Å². The fourth-order valence-corrected chi connectivity index (χ4v) is 4.34. The van der Waals surface area contributed by atoms with Gasteiger partial charge in [0.1, 0.15) is 10.9 Å². The van der Waals surface area contributed by atoms with E-state index >= 15 is 0 Å². The molecule has 152 valence electrons. The van der Waals surface area contributed by atoms with E-state index in [0.29, 0.717) is 5.13 Å². The zero-order chi connectivity index (χ0) is 20.9. The van der Waals surface area contributed by atoms with Gasteiger partial charge in [-0.3, -0.25) is 4.79 Å². The largest absolute Gasteiger partial charge is 0.337 e. The predicted octanol–water partition coefficient (Wildman–Crippen LogP) is 5.80. The van der Waals surface area contributed by atoms with Crippen LogP contribution in [0.15, 0.2) is 65.1 Å². The Bertz CT molecular complexity index is 1120. The van der Waals surface area contributed by atoms with Gasteiger partial charge in [-0.25, -0.2) is 9.97 Å². The van der Waals surface area contributed by atoms with Gasteiger partial charge in [0, 0.05) is 22.7 Å².